The summed E-state index contributed by atoms with van der Waals surface area (Å²) in [4.78, 5) is 0. The number of anilines is 1. The molecule has 0 aromatic heterocycles. The fraction of sp³-hybridized carbons (Fsp3) is 0.222. The first-order valence-corrected chi connectivity index (χ1v) is 8.94. The van der Waals surface area contributed by atoms with E-state index in [-0.39, 0.29) is 12.0 Å². The van der Waals surface area contributed by atoms with E-state index in [0.717, 1.165) is 28.3 Å². The Balaban J connectivity index is 1.90. The lowest BCUT2D eigenvalue weighted by Crippen LogP contribution is -2.30. The number of benzene rings is 2. The van der Waals surface area contributed by atoms with Crippen LogP contribution < -0.4 is 5.32 Å². The van der Waals surface area contributed by atoms with Crippen molar-refractivity contribution < 1.29 is 0 Å². The molecule has 23 heavy (non-hydrogen) atoms. The number of fused-ring (bicyclic) bond motifs is 3. The zero-order valence-electron chi connectivity index (χ0n) is 12.0. The van der Waals surface area contributed by atoms with Gasteiger partial charge in [0.05, 0.1) is 16.8 Å². The van der Waals surface area contributed by atoms with E-state index in [4.69, 9.17) is 46.4 Å². The molecule has 0 amide bonds. The third-order valence-corrected chi connectivity index (χ3v) is 6.03. The largest absolute Gasteiger partial charge is 0.376 e. The second-order valence-electron chi connectivity index (χ2n) is 5.93. The number of halogens is 4. The Morgan fingerprint density at radius 2 is 1.48 bits per heavy atom. The highest BCUT2D eigenvalue weighted by Crippen LogP contribution is 2.55. The van der Waals surface area contributed by atoms with Crippen LogP contribution in [0.4, 0.5) is 5.69 Å². The van der Waals surface area contributed by atoms with Crippen molar-refractivity contribution in [3.05, 3.63) is 73.7 Å². The van der Waals surface area contributed by atoms with E-state index in [1.807, 2.05) is 30.3 Å². The van der Waals surface area contributed by atoms with Gasteiger partial charge in [-0.3, -0.25) is 0 Å². The molecule has 4 rings (SSSR count). The quantitative estimate of drug-likeness (QED) is 0.515. The van der Waals surface area contributed by atoms with Crippen LogP contribution in [0, 0.1) is 5.92 Å². The topological polar surface area (TPSA) is 12.0 Å². The van der Waals surface area contributed by atoms with Crippen LogP contribution in [-0.4, -0.2) is 0 Å². The van der Waals surface area contributed by atoms with Crippen LogP contribution in [-0.2, 0) is 0 Å². The summed E-state index contributed by atoms with van der Waals surface area (Å²) >= 11 is 25.8. The van der Waals surface area contributed by atoms with Crippen molar-refractivity contribution >= 4 is 52.1 Å². The Bertz CT molecular complexity index is 795. The van der Waals surface area contributed by atoms with Crippen LogP contribution in [0.1, 0.15) is 29.5 Å². The van der Waals surface area contributed by atoms with E-state index in [1.165, 1.54) is 0 Å². The van der Waals surface area contributed by atoms with Crippen LogP contribution in [0.5, 0.6) is 0 Å². The van der Waals surface area contributed by atoms with Crippen molar-refractivity contribution in [3.63, 3.8) is 0 Å². The molecular formula is C18H13Cl4N. The number of rotatable bonds is 1. The molecule has 3 unspecified atom stereocenters. The van der Waals surface area contributed by atoms with Gasteiger partial charge in [0.15, 0.2) is 0 Å². The Morgan fingerprint density at radius 3 is 2.22 bits per heavy atom. The second kappa shape index (κ2) is 5.89. The van der Waals surface area contributed by atoms with Crippen molar-refractivity contribution in [1.82, 2.24) is 0 Å². The first kappa shape index (κ1) is 15.7. The zero-order chi connectivity index (χ0) is 16.1. The molecule has 0 bridgehead atoms. The van der Waals surface area contributed by atoms with Gasteiger partial charge in [0.25, 0.3) is 0 Å². The molecule has 1 aliphatic carbocycles. The highest BCUT2D eigenvalue weighted by Gasteiger charge is 2.41. The summed E-state index contributed by atoms with van der Waals surface area (Å²) in [6.45, 7) is 0. The molecular weight excluding hydrogens is 372 g/mol. The molecule has 1 nitrogen and oxygen atoms in total. The van der Waals surface area contributed by atoms with E-state index in [2.05, 4.69) is 17.5 Å². The third kappa shape index (κ3) is 2.46. The third-order valence-electron chi connectivity index (χ3n) is 4.73. The molecule has 0 fully saturated rings. The molecule has 118 valence electrons. The van der Waals surface area contributed by atoms with Crippen molar-refractivity contribution in [2.45, 2.75) is 18.4 Å². The van der Waals surface area contributed by atoms with Crippen molar-refractivity contribution in [2.24, 2.45) is 5.92 Å². The number of hydrogen-bond acceptors (Lipinski definition) is 1. The van der Waals surface area contributed by atoms with Crippen LogP contribution in [0.15, 0.2) is 42.5 Å². The summed E-state index contributed by atoms with van der Waals surface area (Å²) in [6, 6.07) is 9.28. The smallest absolute Gasteiger partial charge is 0.0641 e. The monoisotopic (exact) mass is 383 g/mol. The molecule has 2 aromatic rings. The van der Waals surface area contributed by atoms with Crippen molar-refractivity contribution in [3.8, 4) is 0 Å². The second-order valence-corrected chi connectivity index (χ2v) is 7.56. The maximum atomic E-state index is 6.45. The summed E-state index contributed by atoms with van der Waals surface area (Å²) in [5.41, 5.74) is 2.88. The SMILES string of the molecule is Clc1ccc(Cl)c2c1NC(c1c(Cl)cccc1Cl)C1CC=CC21. The molecule has 5 heteroatoms. The zero-order valence-corrected chi connectivity index (χ0v) is 15.0. The molecule has 3 atom stereocenters. The highest BCUT2D eigenvalue weighted by atomic mass is 35.5. The minimum atomic E-state index is -0.000309. The first-order valence-electron chi connectivity index (χ1n) is 7.43. The number of hydrogen-bond donors (Lipinski definition) is 1. The Labute approximate surface area is 155 Å². The van der Waals surface area contributed by atoms with Crippen LogP contribution in [0.2, 0.25) is 20.1 Å². The maximum Gasteiger partial charge on any atom is 0.0641 e. The van der Waals surface area contributed by atoms with Gasteiger partial charge in [-0.05, 0) is 36.6 Å². The highest BCUT2D eigenvalue weighted by molar-refractivity contribution is 6.37. The first-order chi connectivity index (χ1) is 11.1. The minimum absolute atomic E-state index is 0.000309. The molecule has 0 saturated heterocycles. The lowest BCUT2D eigenvalue weighted by atomic mass is 9.77. The summed E-state index contributed by atoms with van der Waals surface area (Å²) in [5, 5.41) is 6.29. The standard InChI is InChI=1S/C18H13Cl4N/c19-11-5-2-6-12(20)16(11)17-10-4-1-3-9(10)15-13(21)7-8-14(22)18(15)23-17/h1-3,5-10,17,23H,4H2. The maximum absolute atomic E-state index is 6.45. The van der Waals surface area contributed by atoms with E-state index in [0.29, 0.717) is 21.0 Å². The lowest BCUT2D eigenvalue weighted by molar-refractivity contribution is 0.426. The number of allylic oxidation sites excluding steroid dienone is 2. The normalized spacial score (nSPS) is 25.0. The summed E-state index contributed by atoms with van der Waals surface area (Å²) in [7, 11) is 0. The number of nitrogens with one attached hydrogen (secondary N) is 1. The fourth-order valence-corrected chi connectivity index (χ4v) is 4.86. The molecule has 1 heterocycles. The van der Waals surface area contributed by atoms with E-state index >= 15 is 0 Å². The predicted molar refractivity (Wildman–Crippen MR) is 99.3 cm³/mol. The molecule has 1 N–H and O–H groups in total. The van der Waals surface area contributed by atoms with Crippen molar-refractivity contribution in [1.29, 1.82) is 0 Å². The molecule has 0 saturated carbocycles. The van der Waals surface area contributed by atoms with Crippen LogP contribution in [0.3, 0.4) is 0 Å². The van der Waals surface area contributed by atoms with Crippen LogP contribution in [0.25, 0.3) is 0 Å². The fourth-order valence-electron chi connectivity index (χ4n) is 3.72. The summed E-state index contributed by atoms with van der Waals surface area (Å²) < 4.78 is 0. The average molecular weight is 385 g/mol. The minimum Gasteiger partial charge on any atom is -0.376 e. The molecule has 2 aromatic carbocycles. The van der Waals surface area contributed by atoms with Crippen molar-refractivity contribution in [2.75, 3.05) is 5.32 Å². The van der Waals surface area contributed by atoms with Crippen LogP contribution >= 0.6 is 46.4 Å². The van der Waals surface area contributed by atoms with Gasteiger partial charge >= 0.3 is 0 Å². The van der Waals surface area contributed by atoms with Gasteiger partial charge in [-0.1, -0.05) is 64.6 Å². The Hall–Kier alpha value is -0.860. The summed E-state index contributed by atoms with van der Waals surface area (Å²) in [5.74, 6) is 0.533. The molecule has 0 radical (unpaired) electrons. The molecule has 1 aliphatic heterocycles. The van der Waals surface area contributed by atoms with Gasteiger partial charge in [0, 0.05) is 32.1 Å². The Morgan fingerprint density at radius 1 is 0.826 bits per heavy atom. The average Bonchev–Trinajstić information content (AvgIpc) is 3.00. The van der Waals surface area contributed by atoms with Gasteiger partial charge in [-0.15, -0.1) is 0 Å². The Kier molecular flexibility index (Phi) is 4.01. The predicted octanol–water partition coefficient (Wildman–Crippen LogP) is 7.13. The van der Waals surface area contributed by atoms with Gasteiger partial charge in [-0.25, -0.2) is 0 Å². The van der Waals surface area contributed by atoms with Gasteiger partial charge in [0.2, 0.25) is 0 Å². The van der Waals surface area contributed by atoms with E-state index in [9.17, 15) is 0 Å². The lowest BCUT2D eigenvalue weighted by Gasteiger charge is -2.39. The molecule has 2 aliphatic rings. The van der Waals surface area contributed by atoms with Gasteiger partial charge in [0.1, 0.15) is 0 Å². The molecule has 0 spiro atoms. The van der Waals surface area contributed by atoms with E-state index in [1.54, 1.807) is 0 Å². The summed E-state index contributed by atoms with van der Waals surface area (Å²) in [6.07, 6.45) is 5.36. The van der Waals surface area contributed by atoms with E-state index < -0.39 is 0 Å². The van der Waals surface area contributed by atoms with Gasteiger partial charge in [-0.2, -0.15) is 0 Å². The van der Waals surface area contributed by atoms with Gasteiger partial charge < -0.3 is 5.32 Å².